The van der Waals surface area contributed by atoms with Crippen LogP contribution in [0.2, 0.25) is 0 Å². The number of benzene rings is 7. The lowest BCUT2D eigenvalue weighted by Gasteiger charge is -2.37. The lowest BCUT2D eigenvalue weighted by Crippen LogP contribution is -2.40. The van der Waals surface area contributed by atoms with Gasteiger partial charge in [0.1, 0.15) is 0 Å². The fraction of sp³-hybridized carbons (Fsp3) is 0.216. The summed E-state index contributed by atoms with van der Waals surface area (Å²) in [6.45, 7) is 6.84. The number of fused-ring (bicyclic) bond motifs is 4. The fourth-order valence-electron chi connectivity index (χ4n) is 12.6. The Kier molecular flexibility index (Phi) is 14.9. The molecule has 3 atom stereocenters. The van der Waals surface area contributed by atoms with E-state index in [-0.39, 0.29) is 6.04 Å². The second-order valence-electron chi connectivity index (χ2n) is 21.7. The number of para-hydroxylation sites is 1. The van der Waals surface area contributed by atoms with E-state index in [4.69, 9.17) is 0 Å². The summed E-state index contributed by atoms with van der Waals surface area (Å²) in [7, 11) is 0. The van der Waals surface area contributed by atoms with Crippen molar-refractivity contribution < 1.29 is 0 Å². The molecule has 4 aliphatic rings. The van der Waals surface area contributed by atoms with Gasteiger partial charge in [-0.15, -0.1) is 0 Å². The Labute approximate surface area is 463 Å². The normalized spacial score (nSPS) is 18.6. The molecule has 1 aromatic heterocycles. The van der Waals surface area contributed by atoms with Crippen LogP contribution in [-0.4, -0.2) is 16.7 Å². The van der Waals surface area contributed by atoms with Crippen LogP contribution in [0.25, 0.3) is 44.2 Å². The van der Waals surface area contributed by atoms with E-state index in [1.807, 2.05) is 0 Å². The maximum Gasteiger partial charge on any atom is 0.0539 e. The number of aromatic nitrogens is 1. The van der Waals surface area contributed by atoms with Gasteiger partial charge in [-0.05, 0) is 203 Å². The molecule has 0 N–H and O–H groups in total. The van der Waals surface area contributed by atoms with E-state index in [2.05, 4.69) is 283 Å². The molecular formula is C74H72N4. The Hall–Kier alpha value is -8.34. The summed E-state index contributed by atoms with van der Waals surface area (Å²) in [5, 5.41) is 2.60. The number of allylic oxidation sites excluding steroid dienone is 15. The van der Waals surface area contributed by atoms with Crippen LogP contribution in [0.1, 0.15) is 101 Å². The van der Waals surface area contributed by atoms with E-state index in [1.165, 1.54) is 90.8 Å². The summed E-state index contributed by atoms with van der Waals surface area (Å²) in [6, 6.07) is 62.5. The van der Waals surface area contributed by atoms with Crippen molar-refractivity contribution in [3.05, 3.63) is 265 Å². The zero-order valence-corrected chi connectivity index (χ0v) is 45.7. The summed E-state index contributed by atoms with van der Waals surface area (Å²) in [5.41, 5.74) is 20.1. The molecule has 3 unspecified atom stereocenters. The van der Waals surface area contributed by atoms with Gasteiger partial charge >= 0.3 is 0 Å². The third-order valence-electron chi connectivity index (χ3n) is 16.6. The molecule has 0 saturated carbocycles. The molecule has 0 saturated heterocycles. The minimum absolute atomic E-state index is 0.261. The Balaban J connectivity index is 0.896. The van der Waals surface area contributed by atoms with Crippen LogP contribution in [0.5, 0.6) is 0 Å². The summed E-state index contributed by atoms with van der Waals surface area (Å²) in [5.74, 6) is 0.392. The van der Waals surface area contributed by atoms with Crippen molar-refractivity contribution in [2.75, 3.05) is 14.7 Å². The lowest BCUT2D eigenvalue weighted by atomic mass is 9.92. The number of rotatable bonds is 14. The van der Waals surface area contributed by atoms with Crippen molar-refractivity contribution in [1.29, 1.82) is 0 Å². The van der Waals surface area contributed by atoms with Crippen LogP contribution >= 0.6 is 0 Å². The van der Waals surface area contributed by atoms with Crippen LogP contribution in [0.4, 0.5) is 34.1 Å². The molecule has 4 heteroatoms. The molecule has 0 amide bonds. The standard InChI is InChI=1S/C74H72N4/c1-4-5-10-21-54(2)75-55(3)22-11-6-16-27-62-52-68(48-50-72(62)75)76(64-40-32-58(33-41-64)56-23-12-7-13-24-56)65-44-36-60(37-45-65)61-38-46-67(47-39-61)77(66-42-34-59(35-43-66)57-25-14-8-15-26-57)69-49-51-74-71(53-69)70-30-19-20-31-73(70)78(74)63-28-17-9-18-29-63/h4-8,11-16,19-20,22-23,25-26,28,30-34,36-42,44-56H,9-10,17-18,21,24,27,29,35,43H2,1-3H3/b5-4-,16-6-,22-11-. The van der Waals surface area contributed by atoms with Crippen molar-refractivity contribution in [2.45, 2.75) is 103 Å². The third-order valence-corrected chi connectivity index (χ3v) is 16.6. The van der Waals surface area contributed by atoms with Gasteiger partial charge in [0, 0.05) is 74.3 Å². The van der Waals surface area contributed by atoms with E-state index < -0.39 is 0 Å². The molecule has 1 aliphatic heterocycles. The second-order valence-corrected chi connectivity index (χ2v) is 21.7. The number of nitrogens with zero attached hydrogens (tertiary/aromatic N) is 4. The van der Waals surface area contributed by atoms with Gasteiger partial charge in [0.2, 0.25) is 0 Å². The molecule has 2 heterocycles. The van der Waals surface area contributed by atoms with Crippen molar-refractivity contribution in [1.82, 2.24) is 4.57 Å². The molecule has 0 radical (unpaired) electrons. The highest BCUT2D eigenvalue weighted by atomic mass is 15.2. The van der Waals surface area contributed by atoms with Gasteiger partial charge in [-0.1, -0.05) is 158 Å². The zero-order valence-electron chi connectivity index (χ0n) is 45.7. The van der Waals surface area contributed by atoms with E-state index >= 15 is 0 Å². The van der Waals surface area contributed by atoms with Crippen molar-refractivity contribution in [3.63, 3.8) is 0 Å². The summed E-state index contributed by atoms with van der Waals surface area (Å²) < 4.78 is 2.53. The molecule has 78 heavy (non-hydrogen) atoms. The van der Waals surface area contributed by atoms with Gasteiger partial charge in [0.15, 0.2) is 0 Å². The van der Waals surface area contributed by atoms with Crippen LogP contribution in [-0.2, 0) is 6.42 Å². The molecule has 4 nitrogen and oxygen atoms in total. The average Bonchev–Trinajstić information content (AvgIpc) is 3.88. The van der Waals surface area contributed by atoms with Gasteiger partial charge in [-0.3, -0.25) is 0 Å². The van der Waals surface area contributed by atoms with Crippen LogP contribution in [0.15, 0.2) is 248 Å². The average molecular weight is 1020 g/mol. The largest absolute Gasteiger partial charge is 0.362 e. The molecule has 12 rings (SSSR count). The minimum Gasteiger partial charge on any atom is -0.362 e. The van der Waals surface area contributed by atoms with Gasteiger partial charge < -0.3 is 19.3 Å². The zero-order chi connectivity index (χ0) is 52.8. The highest BCUT2D eigenvalue weighted by molar-refractivity contribution is 6.11. The first-order valence-electron chi connectivity index (χ1n) is 28.8. The van der Waals surface area contributed by atoms with Crippen molar-refractivity contribution in [2.24, 2.45) is 0 Å². The van der Waals surface area contributed by atoms with E-state index in [0.29, 0.717) is 12.0 Å². The topological polar surface area (TPSA) is 14.7 Å². The fourth-order valence-corrected chi connectivity index (χ4v) is 12.6. The van der Waals surface area contributed by atoms with Gasteiger partial charge in [0.05, 0.1) is 11.0 Å². The Morgan fingerprint density at radius 1 is 0.590 bits per heavy atom. The number of anilines is 6. The maximum absolute atomic E-state index is 2.63. The monoisotopic (exact) mass is 1020 g/mol. The van der Waals surface area contributed by atoms with Crippen LogP contribution in [0.3, 0.4) is 0 Å². The highest BCUT2D eigenvalue weighted by Gasteiger charge is 2.25. The Morgan fingerprint density at radius 2 is 1.27 bits per heavy atom. The third kappa shape index (κ3) is 10.4. The van der Waals surface area contributed by atoms with Gasteiger partial charge in [-0.2, -0.15) is 0 Å². The molecule has 0 bridgehead atoms. The van der Waals surface area contributed by atoms with Gasteiger partial charge in [-0.25, -0.2) is 0 Å². The molecule has 3 aliphatic carbocycles. The lowest BCUT2D eigenvalue weighted by molar-refractivity contribution is 0.566. The molecule has 388 valence electrons. The van der Waals surface area contributed by atoms with E-state index in [0.717, 1.165) is 74.1 Å². The quantitative estimate of drug-likeness (QED) is 0.101. The molecule has 0 spiro atoms. The summed E-state index contributed by atoms with van der Waals surface area (Å²) in [6.07, 6.45) is 40.4. The summed E-state index contributed by atoms with van der Waals surface area (Å²) >= 11 is 0. The van der Waals surface area contributed by atoms with Crippen LogP contribution < -0.4 is 14.7 Å². The molecule has 7 aromatic carbocycles. The van der Waals surface area contributed by atoms with Gasteiger partial charge in [0.25, 0.3) is 0 Å². The van der Waals surface area contributed by atoms with E-state index in [1.54, 1.807) is 0 Å². The smallest absolute Gasteiger partial charge is 0.0539 e. The van der Waals surface area contributed by atoms with Crippen LogP contribution in [0, 0.1) is 0 Å². The van der Waals surface area contributed by atoms with Crippen molar-refractivity contribution >= 4 is 67.2 Å². The predicted molar refractivity (Wildman–Crippen MR) is 336 cm³/mol. The minimum atomic E-state index is 0.261. The highest BCUT2D eigenvalue weighted by Crippen LogP contribution is 2.44. The first-order valence-corrected chi connectivity index (χ1v) is 28.8. The number of hydrogen-bond donors (Lipinski definition) is 0. The second kappa shape index (κ2) is 23.1. The molecular weight excluding hydrogens is 945 g/mol. The molecule has 8 aromatic rings. The van der Waals surface area contributed by atoms with E-state index in [9.17, 15) is 0 Å². The first kappa shape index (κ1) is 50.5. The van der Waals surface area contributed by atoms with Crippen molar-refractivity contribution in [3.8, 4) is 11.1 Å². The Morgan fingerprint density at radius 3 is 1.99 bits per heavy atom. The SMILES string of the molecule is C/C=C\CCC(C)N1c2ccc(N(c3ccc(-c4ccc(N(C5=CC=C(c6ccccc6)CC5)c5ccc6c(c5)c5ccccc5n6C5=CCCCC5)cc4)cc3)c3ccc(C4C=CC=CC4)cc3)cc2C/C=C\C=C/C1C. The first-order chi connectivity index (χ1) is 38.5. The predicted octanol–water partition coefficient (Wildman–Crippen LogP) is 20.5. The summed E-state index contributed by atoms with van der Waals surface area (Å²) in [4.78, 5) is 7.58. The maximum atomic E-state index is 2.63. The number of hydrogen-bond acceptors (Lipinski definition) is 3. The Bertz CT molecular complexity index is 3670. The molecule has 0 fully saturated rings.